The topological polar surface area (TPSA) is 91.7 Å². The third-order valence-electron chi connectivity index (χ3n) is 4.55. The van der Waals surface area contributed by atoms with E-state index >= 15 is 0 Å². The SMILES string of the molecule is O=c1cc(N2CCC(Nc3cnn(Cc4ncccn4)c3)CC2)cc[nH]1. The molecular formula is C18H21N7O. The highest BCUT2D eigenvalue weighted by atomic mass is 16.1. The molecule has 134 valence electrons. The quantitative estimate of drug-likeness (QED) is 0.724. The summed E-state index contributed by atoms with van der Waals surface area (Å²) in [5.74, 6) is 0.744. The summed E-state index contributed by atoms with van der Waals surface area (Å²) in [6.45, 7) is 2.41. The van der Waals surface area contributed by atoms with Crippen molar-refractivity contribution in [2.75, 3.05) is 23.3 Å². The predicted molar refractivity (Wildman–Crippen MR) is 99.3 cm³/mol. The number of piperidine rings is 1. The van der Waals surface area contributed by atoms with Crippen molar-refractivity contribution in [1.29, 1.82) is 0 Å². The van der Waals surface area contributed by atoms with Crippen molar-refractivity contribution >= 4 is 11.4 Å². The number of nitrogens with one attached hydrogen (secondary N) is 2. The maximum Gasteiger partial charge on any atom is 0.249 e. The van der Waals surface area contributed by atoms with Gasteiger partial charge in [0.15, 0.2) is 0 Å². The number of rotatable bonds is 5. The van der Waals surface area contributed by atoms with Crippen LogP contribution in [0, 0.1) is 0 Å². The van der Waals surface area contributed by atoms with Gasteiger partial charge in [-0.3, -0.25) is 9.48 Å². The lowest BCUT2D eigenvalue weighted by molar-refractivity contribution is 0.526. The van der Waals surface area contributed by atoms with Crippen molar-refractivity contribution in [2.45, 2.75) is 25.4 Å². The number of anilines is 2. The van der Waals surface area contributed by atoms with Gasteiger partial charge in [0.2, 0.25) is 5.56 Å². The molecule has 0 aliphatic carbocycles. The first-order valence-corrected chi connectivity index (χ1v) is 8.75. The Labute approximate surface area is 150 Å². The standard InChI is InChI=1S/C18H21N7O/c26-18-10-16(2-7-21-18)24-8-3-14(4-9-24)23-15-11-22-25(12-15)13-17-19-5-1-6-20-17/h1-2,5-7,10-12,14,23H,3-4,8-9,13H2,(H,21,26). The number of nitrogens with zero attached hydrogens (tertiary/aromatic N) is 5. The number of pyridine rings is 1. The summed E-state index contributed by atoms with van der Waals surface area (Å²) in [7, 11) is 0. The summed E-state index contributed by atoms with van der Waals surface area (Å²) in [5, 5.41) is 7.93. The summed E-state index contributed by atoms with van der Waals surface area (Å²) >= 11 is 0. The highest BCUT2D eigenvalue weighted by Crippen LogP contribution is 2.20. The van der Waals surface area contributed by atoms with Crippen molar-refractivity contribution < 1.29 is 0 Å². The molecule has 3 aromatic rings. The molecule has 26 heavy (non-hydrogen) atoms. The van der Waals surface area contributed by atoms with Crippen LogP contribution in [0.25, 0.3) is 0 Å². The first kappa shape index (κ1) is 16.3. The summed E-state index contributed by atoms with van der Waals surface area (Å²) in [5.41, 5.74) is 1.94. The third kappa shape index (κ3) is 3.90. The van der Waals surface area contributed by atoms with Crippen LogP contribution in [-0.4, -0.2) is 43.9 Å². The number of aromatic nitrogens is 5. The molecule has 0 bridgehead atoms. The van der Waals surface area contributed by atoms with Crippen LogP contribution in [0.5, 0.6) is 0 Å². The fourth-order valence-electron chi connectivity index (χ4n) is 3.23. The van der Waals surface area contributed by atoms with Gasteiger partial charge in [0.25, 0.3) is 0 Å². The van der Waals surface area contributed by atoms with Gasteiger partial charge in [-0.15, -0.1) is 0 Å². The Bertz CT molecular complexity index is 897. The molecular weight excluding hydrogens is 330 g/mol. The maximum atomic E-state index is 11.5. The molecule has 1 saturated heterocycles. The van der Waals surface area contributed by atoms with Gasteiger partial charge in [0, 0.05) is 55.7 Å². The van der Waals surface area contributed by atoms with Crippen LogP contribution in [0.3, 0.4) is 0 Å². The molecule has 0 atom stereocenters. The maximum absolute atomic E-state index is 11.5. The zero-order valence-corrected chi connectivity index (χ0v) is 14.4. The van der Waals surface area contributed by atoms with E-state index in [0.717, 1.165) is 43.1 Å². The lowest BCUT2D eigenvalue weighted by Crippen LogP contribution is -2.39. The zero-order chi connectivity index (χ0) is 17.8. The zero-order valence-electron chi connectivity index (χ0n) is 14.4. The van der Waals surface area contributed by atoms with Gasteiger partial charge >= 0.3 is 0 Å². The van der Waals surface area contributed by atoms with Crippen molar-refractivity contribution in [3.05, 3.63) is 65.4 Å². The van der Waals surface area contributed by atoms with E-state index in [1.165, 1.54) is 0 Å². The van der Waals surface area contributed by atoms with E-state index in [2.05, 4.69) is 30.3 Å². The molecule has 8 heteroatoms. The molecule has 0 spiro atoms. The molecule has 4 rings (SSSR count). The molecule has 4 heterocycles. The normalized spacial score (nSPS) is 15.2. The van der Waals surface area contributed by atoms with E-state index < -0.39 is 0 Å². The number of H-pyrrole nitrogens is 1. The van der Waals surface area contributed by atoms with Crippen LogP contribution in [0.1, 0.15) is 18.7 Å². The van der Waals surface area contributed by atoms with Gasteiger partial charge in [-0.2, -0.15) is 5.10 Å². The second kappa shape index (κ2) is 7.38. The van der Waals surface area contributed by atoms with E-state index in [0.29, 0.717) is 12.6 Å². The van der Waals surface area contributed by atoms with E-state index in [4.69, 9.17) is 0 Å². The van der Waals surface area contributed by atoms with Gasteiger partial charge in [-0.25, -0.2) is 9.97 Å². The number of aromatic amines is 1. The van der Waals surface area contributed by atoms with Gasteiger partial charge < -0.3 is 15.2 Å². The minimum atomic E-state index is -0.0578. The van der Waals surface area contributed by atoms with E-state index in [9.17, 15) is 4.79 Å². The average Bonchev–Trinajstić information content (AvgIpc) is 3.10. The van der Waals surface area contributed by atoms with Crippen molar-refractivity contribution in [3.63, 3.8) is 0 Å². The van der Waals surface area contributed by atoms with Crippen molar-refractivity contribution in [2.24, 2.45) is 0 Å². The molecule has 1 fully saturated rings. The fraction of sp³-hybridized carbons (Fsp3) is 0.333. The van der Waals surface area contributed by atoms with Crippen LogP contribution >= 0.6 is 0 Å². The summed E-state index contributed by atoms with van der Waals surface area (Å²) in [6.07, 6.45) is 11.0. The van der Waals surface area contributed by atoms with Gasteiger partial charge in [-0.05, 0) is 25.0 Å². The molecule has 0 radical (unpaired) electrons. The van der Waals surface area contributed by atoms with E-state index in [1.807, 2.05) is 23.1 Å². The van der Waals surface area contributed by atoms with Gasteiger partial charge in [0.05, 0.1) is 11.9 Å². The van der Waals surface area contributed by atoms with Crippen LogP contribution in [0.15, 0.2) is 54.0 Å². The lowest BCUT2D eigenvalue weighted by atomic mass is 10.0. The molecule has 1 aliphatic rings. The Morgan fingerprint density at radius 3 is 2.81 bits per heavy atom. The Balaban J connectivity index is 1.31. The summed E-state index contributed by atoms with van der Waals surface area (Å²) in [6, 6.07) is 5.81. The largest absolute Gasteiger partial charge is 0.380 e. The second-order valence-corrected chi connectivity index (χ2v) is 6.41. The third-order valence-corrected chi connectivity index (χ3v) is 4.55. The number of hydrogen-bond acceptors (Lipinski definition) is 6. The molecule has 0 saturated carbocycles. The molecule has 0 aromatic carbocycles. The minimum Gasteiger partial charge on any atom is -0.380 e. The molecule has 0 amide bonds. The Morgan fingerprint density at radius 2 is 2.04 bits per heavy atom. The number of hydrogen-bond donors (Lipinski definition) is 2. The Morgan fingerprint density at radius 1 is 1.23 bits per heavy atom. The summed E-state index contributed by atoms with van der Waals surface area (Å²) in [4.78, 5) is 24.8. The molecule has 8 nitrogen and oxygen atoms in total. The van der Waals surface area contributed by atoms with Crippen LogP contribution in [0.2, 0.25) is 0 Å². The van der Waals surface area contributed by atoms with Crippen LogP contribution < -0.4 is 15.8 Å². The molecule has 3 aromatic heterocycles. The second-order valence-electron chi connectivity index (χ2n) is 6.41. The highest BCUT2D eigenvalue weighted by Gasteiger charge is 2.20. The highest BCUT2D eigenvalue weighted by molar-refractivity contribution is 5.46. The van der Waals surface area contributed by atoms with Gasteiger partial charge in [0.1, 0.15) is 12.4 Å². The van der Waals surface area contributed by atoms with Crippen molar-refractivity contribution in [1.82, 2.24) is 24.7 Å². The first-order chi connectivity index (χ1) is 12.8. The van der Waals surface area contributed by atoms with E-state index in [-0.39, 0.29) is 5.56 Å². The Hall–Kier alpha value is -3.16. The summed E-state index contributed by atoms with van der Waals surface area (Å²) < 4.78 is 1.84. The Kier molecular flexibility index (Phi) is 4.63. The molecule has 1 aliphatic heterocycles. The smallest absolute Gasteiger partial charge is 0.249 e. The van der Waals surface area contributed by atoms with Crippen LogP contribution in [-0.2, 0) is 6.54 Å². The minimum absolute atomic E-state index is 0.0578. The van der Waals surface area contributed by atoms with Gasteiger partial charge in [-0.1, -0.05) is 0 Å². The molecule has 0 unspecified atom stereocenters. The first-order valence-electron chi connectivity index (χ1n) is 8.75. The monoisotopic (exact) mass is 351 g/mol. The molecule has 2 N–H and O–H groups in total. The average molecular weight is 351 g/mol. The fourth-order valence-corrected chi connectivity index (χ4v) is 3.23. The predicted octanol–water partition coefficient (Wildman–Crippen LogP) is 1.49. The van der Waals surface area contributed by atoms with Crippen LogP contribution in [0.4, 0.5) is 11.4 Å². The van der Waals surface area contributed by atoms with E-state index in [1.54, 1.807) is 30.7 Å². The van der Waals surface area contributed by atoms with Crippen molar-refractivity contribution in [3.8, 4) is 0 Å². The lowest BCUT2D eigenvalue weighted by Gasteiger charge is -2.34.